The molecule has 5 heteroatoms. The van der Waals surface area contributed by atoms with Crippen LogP contribution >= 0.6 is 15.9 Å². The van der Waals surface area contributed by atoms with Gasteiger partial charge in [0.1, 0.15) is 5.69 Å². The number of aromatic amines is 1. The van der Waals surface area contributed by atoms with Gasteiger partial charge in [-0.3, -0.25) is 4.79 Å². The van der Waals surface area contributed by atoms with E-state index in [4.69, 9.17) is 4.74 Å². The first-order valence-corrected chi connectivity index (χ1v) is 6.84. The third-order valence-corrected chi connectivity index (χ3v) is 3.58. The van der Waals surface area contributed by atoms with Crippen molar-refractivity contribution >= 4 is 32.8 Å². The van der Waals surface area contributed by atoms with Crippen LogP contribution in [0.15, 0.2) is 33.5 Å². The summed E-state index contributed by atoms with van der Waals surface area (Å²) in [6.07, 6.45) is 0.554. The maximum Gasteiger partial charge on any atom is 0.355 e. The molecule has 0 bridgehead atoms. The third-order valence-electron chi connectivity index (χ3n) is 2.92. The largest absolute Gasteiger partial charge is 0.458 e. The van der Waals surface area contributed by atoms with Crippen LogP contribution in [0.2, 0.25) is 0 Å². The molecule has 0 fully saturated rings. The van der Waals surface area contributed by atoms with Gasteiger partial charge in [-0.15, -0.1) is 0 Å². The first-order chi connectivity index (χ1) is 9.02. The van der Waals surface area contributed by atoms with Gasteiger partial charge in [-0.05, 0) is 41.4 Å². The van der Waals surface area contributed by atoms with Gasteiger partial charge < -0.3 is 9.72 Å². The summed E-state index contributed by atoms with van der Waals surface area (Å²) in [5.74, 6) is -0.510. The summed E-state index contributed by atoms with van der Waals surface area (Å²) >= 11 is 3.36. The molecule has 1 N–H and O–H groups in total. The minimum absolute atomic E-state index is 0.171. The van der Waals surface area contributed by atoms with Crippen molar-refractivity contribution in [2.24, 2.45) is 0 Å². The lowest BCUT2D eigenvalue weighted by Crippen LogP contribution is -2.17. The SMILES string of the molecule is CCC(C)OC(=O)c1cc(=O)c2cccc(Br)c2[nH]1. The predicted octanol–water partition coefficient (Wildman–Crippen LogP) is 3.25. The van der Waals surface area contributed by atoms with Crippen LogP contribution in [0.3, 0.4) is 0 Å². The molecule has 100 valence electrons. The maximum absolute atomic E-state index is 12.0. The molecule has 19 heavy (non-hydrogen) atoms. The molecule has 0 aliphatic rings. The van der Waals surface area contributed by atoms with Crippen LogP contribution in [-0.4, -0.2) is 17.1 Å². The number of nitrogens with one attached hydrogen (secondary N) is 1. The lowest BCUT2D eigenvalue weighted by atomic mass is 10.2. The molecule has 1 aromatic heterocycles. The number of fused-ring (bicyclic) bond motifs is 1. The molecule has 0 saturated carbocycles. The Morgan fingerprint density at radius 1 is 1.47 bits per heavy atom. The number of H-pyrrole nitrogens is 1. The lowest BCUT2D eigenvalue weighted by molar-refractivity contribution is 0.0328. The first-order valence-electron chi connectivity index (χ1n) is 6.05. The molecule has 2 aromatic rings. The summed E-state index contributed by atoms with van der Waals surface area (Å²) in [6, 6.07) is 6.57. The quantitative estimate of drug-likeness (QED) is 0.882. The zero-order chi connectivity index (χ0) is 14.0. The van der Waals surface area contributed by atoms with Crippen molar-refractivity contribution in [1.82, 2.24) is 4.98 Å². The standard InChI is InChI=1S/C14H14BrNO3/c1-3-8(2)19-14(18)11-7-12(17)9-5-4-6-10(15)13(9)16-11/h4-8H,3H2,1-2H3,(H,16,17). The number of para-hydroxylation sites is 1. The summed E-state index contributed by atoms with van der Waals surface area (Å²) in [5.41, 5.74) is 0.571. The van der Waals surface area contributed by atoms with Gasteiger partial charge in [0.05, 0.1) is 11.6 Å². The highest BCUT2D eigenvalue weighted by Gasteiger charge is 2.14. The molecule has 1 aromatic carbocycles. The molecule has 0 aliphatic carbocycles. The topological polar surface area (TPSA) is 59.2 Å². The maximum atomic E-state index is 12.0. The number of pyridine rings is 1. The van der Waals surface area contributed by atoms with E-state index in [1.165, 1.54) is 6.07 Å². The van der Waals surface area contributed by atoms with Crippen molar-refractivity contribution in [2.45, 2.75) is 26.4 Å². The van der Waals surface area contributed by atoms with E-state index in [1.807, 2.05) is 19.9 Å². The molecule has 0 saturated heterocycles. The Labute approximate surface area is 118 Å². The molecule has 0 spiro atoms. The van der Waals surface area contributed by atoms with Crippen molar-refractivity contribution in [3.8, 4) is 0 Å². The summed E-state index contributed by atoms with van der Waals surface area (Å²) in [7, 11) is 0. The normalized spacial score (nSPS) is 12.4. The Balaban J connectivity index is 2.49. The molecule has 2 rings (SSSR count). The van der Waals surface area contributed by atoms with Crippen molar-refractivity contribution in [3.05, 3.63) is 44.7 Å². The molecule has 4 nitrogen and oxygen atoms in total. The van der Waals surface area contributed by atoms with Crippen LogP contribution in [0.4, 0.5) is 0 Å². The zero-order valence-corrected chi connectivity index (χ0v) is 12.3. The Bertz CT molecular complexity index is 678. The highest BCUT2D eigenvalue weighted by molar-refractivity contribution is 9.10. The number of benzene rings is 1. The van der Waals surface area contributed by atoms with Crippen molar-refractivity contribution in [1.29, 1.82) is 0 Å². The van der Waals surface area contributed by atoms with E-state index in [2.05, 4.69) is 20.9 Å². The minimum atomic E-state index is -0.510. The number of aromatic nitrogens is 1. The van der Waals surface area contributed by atoms with Crippen LogP contribution in [0.5, 0.6) is 0 Å². The van der Waals surface area contributed by atoms with Crippen molar-refractivity contribution < 1.29 is 9.53 Å². The molecule has 0 aliphatic heterocycles. The van der Waals surface area contributed by atoms with Crippen LogP contribution in [0.1, 0.15) is 30.8 Å². The lowest BCUT2D eigenvalue weighted by Gasteiger charge is -2.11. The van der Waals surface area contributed by atoms with Gasteiger partial charge >= 0.3 is 5.97 Å². The molecule has 0 radical (unpaired) electrons. The van der Waals surface area contributed by atoms with Gasteiger partial charge in [0.25, 0.3) is 0 Å². The fraction of sp³-hybridized carbons (Fsp3) is 0.286. The molecule has 1 heterocycles. The van der Waals surface area contributed by atoms with E-state index < -0.39 is 5.97 Å². The van der Waals surface area contributed by atoms with Gasteiger partial charge in [0.15, 0.2) is 5.43 Å². The Morgan fingerprint density at radius 2 is 2.21 bits per heavy atom. The van der Waals surface area contributed by atoms with E-state index in [9.17, 15) is 9.59 Å². The molecule has 1 unspecified atom stereocenters. The number of carbonyl (C=O) groups excluding carboxylic acids is 1. The monoisotopic (exact) mass is 323 g/mol. The second-order valence-electron chi connectivity index (χ2n) is 4.33. The summed E-state index contributed by atoms with van der Waals surface area (Å²) in [6.45, 7) is 3.74. The second-order valence-corrected chi connectivity index (χ2v) is 5.19. The summed E-state index contributed by atoms with van der Waals surface area (Å²) in [5, 5.41) is 0.537. The van der Waals surface area contributed by atoms with Gasteiger partial charge in [0, 0.05) is 15.9 Å². The fourth-order valence-electron chi connectivity index (χ4n) is 1.68. The van der Waals surface area contributed by atoms with Crippen molar-refractivity contribution in [2.75, 3.05) is 0 Å². The molecular formula is C14H14BrNO3. The number of ether oxygens (including phenoxy) is 1. The highest BCUT2D eigenvalue weighted by atomic mass is 79.9. The van der Waals surface area contributed by atoms with E-state index in [0.717, 1.165) is 10.9 Å². The summed E-state index contributed by atoms with van der Waals surface area (Å²) < 4.78 is 5.94. The zero-order valence-electron chi connectivity index (χ0n) is 10.7. The number of esters is 1. The van der Waals surface area contributed by atoms with Crippen LogP contribution in [-0.2, 0) is 4.74 Å². The Hall–Kier alpha value is -1.62. The van der Waals surface area contributed by atoms with Crippen LogP contribution in [0.25, 0.3) is 10.9 Å². The van der Waals surface area contributed by atoms with Gasteiger partial charge in [-0.25, -0.2) is 4.79 Å². The molecule has 0 amide bonds. The Morgan fingerprint density at radius 3 is 2.89 bits per heavy atom. The number of carbonyl (C=O) groups is 1. The minimum Gasteiger partial charge on any atom is -0.458 e. The van der Waals surface area contributed by atoms with E-state index in [0.29, 0.717) is 10.9 Å². The average molecular weight is 324 g/mol. The van der Waals surface area contributed by atoms with Gasteiger partial charge in [0.2, 0.25) is 0 Å². The highest BCUT2D eigenvalue weighted by Crippen LogP contribution is 2.20. The van der Waals surface area contributed by atoms with Crippen LogP contribution in [0, 0.1) is 0 Å². The average Bonchev–Trinajstić information content (AvgIpc) is 2.39. The summed E-state index contributed by atoms with van der Waals surface area (Å²) in [4.78, 5) is 26.8. The van der Waals surface area contributed by atoms with Crippen molar-refractivity contribution in [3.63, 3.8) is 0 Å². The van der Waals surface area contributed by atoms with Crippen LogP contribution < -0.4 is 5.43 Å². The second kappa shape index (κ2) is 5.57. The molecule has 1 atom stereocenters. The predicted molar refractivity (Wildman–Crippen MR) is 77.4 cm³/mol. The third kappa shape index (κ3) is 2.87. The first kappa shape index (κ1) is 13.8. The van der Waals surface area contributed by atoms with Gasteiger partial charge in [-0.2, -0.15) is 0 Å². The smallest absolute Gasteiger partial charge is 0.355 e. The van der Waals surface area contributed by atoms with E-state index in [-0.39, 0.29) is 17.2 Å². The van der Waals surface area contributed by atoms with E-state index in [1.54, 1.807) is 12.1 Å². The van der Waals surface area contributed by atoms with E-state index >= 15 is 0 Å². The Kier molecular flexibility index (Phi) is 4.04. The number of rotatable bonds is 3. The number of hydrogen-bond acceptors (Lipinski definition) is 3. The molecular weight excluding hydrogens is 310 g/mol. The fourth-order valence-corrected chi connectivity index (χ4v) is 2.14. The van der Waals surface area contributed by atoms with Gasteiger partial charge in [-0.1, -0.05) is 13.0 Å². The number of hydrogen-bond donors (Lipinski definition) is 1. The number of halogens is 1.